The first-order valence-corrected chi connectivity index (χ1v) is 6.91. The summed E-state index contributed by atoms with van der Waals surface area (Å²) in [6, 6.07) is 7.16. The van der Waals surface area contributed by atoms with Crippen LogP contribution in [0.3, 0.4) is 0 Å². The average molecular weight is 279 g/mol. The SMILES string of the molecule is FC(F)(F)c1cccc(N2[C@@H]3[C@@H]4C[C@@H]([C@H]5N=N[C@@H]45)[C@@H]32)c1. The van der Waals surface area contributed by atoms with Gasteiger partial charge in [0.2, 0.25) is 0 Å². The molecule has 5 rings (SSSR count). The Kier molecular flexibility index (Phi) is 1.77. The maximum Gasteiger partial charge on any atom is 0.416 e. The number of halogens is 3. The summed E-state index contributed by atoms with van der Waals surface area (Å²) in [6.45, 7) is 0. The first-order chi connectivity index (χ1) is 9.55. The lowest BCUT2D eigenvalue weighted by Gasteiger charge is -2.27. The third-order valence-corrected chi connectivity index (χ3v) is 5.36. The van der Waals surface area contributed by atoms with Crippen LogP contribution >= 0.6 is 0 Å². The van der Waals surface area contributed by atoms with Crippen LogP contribution in [-0.2, 0) is 6.18 Å². The summed E-state index contributed by atoms with van der Waals surface area (Å²) >= 11 is 0. The van der Waals surface area contributed by atoms with Crippen LogP contribution in [0.5, 0.6) is 0 Å². The molecule has 4 aliphatic rings. The van der Waals surface area contributed by atoms with E-state index in [9.17, 15) is 13.2 Å². The van der Waals surface area contributed by atoms with Crippen molar-refractivity contribution in [3.05, 3.63) is 29.8 Å². The lowest BCUT2D eigenvalue weighted by Crippen LogP contribution is -2.39. The van der Waals surface area contributed by atoms with Crippen LogP contribution in [0.4, 0.5) is 18.9 Å². The summed E-state index contributed by atoms with van der Waals surface area (Å²) in [5.41, 5.74) is 0.135. The fraction of sp³-hybridized carbons (Fsp3) is 0.571. The number of azo groups is 1. The van der Waals surface area contributed by atoms with Gasteiger partial charge in [0.1, 0.15) is 12.1 Å². The quantitative estimate of drug-likeness (QED) is 0.726. The molecule has 6 heteroatoms. The van der Waals surface area contributed by atoms with E-state index < -0.39 is 11.7 Å². The van der Waals surface area contributed by atoms with E-state index in [-0.39, 0.29) is 0 Å². The molecule has 104 valence electrons. The minimum Gasteiger partial charge on any atom is -0.361 e. The predicted octanol–water partition coefficient (Wildman–Crippen LogP) is 3.12. The van der Waals surface area contributed by atoms with Crippen molar-refractivity contribution < 1.29 is 13.2 Å². The largest absolute Gasteiger partial charge is 0.416 e. The maximum atomic E-state index is 12.8. The van der Waals surface area contributed by atoms with Crippen molar-refractivity contribution in [2.75, 3.05) is 4.90 Å². The molecule has 6 atom stereocenters. The molecule has 2 aliphatic heterocycles. The number of piperidine rings is 1. The van der Waals surface area contributed by atoms with Gasteiger partial charge in [-0.05, 0) is 24.6 Å². The van der Waals surface area contributed by atoms with Crippen LogP contribution in [0, 0.1) is 11.8 Å². The molecule has 2 saturated carbocycles. The Bertz CT molecular complexity index is 602. The van der Waals surface area contributed by atoms with E-state index in [1.807, 2.05) is 0 Å². The summed E-state index contributed by atoms with van der Waals surface area (Å²) in [4.78, 5) is 2.15. The number of fused-ring (bicyclic) bond motifs is 8. The lowest BCUT2D eigenvalue weighted by molar-refractivity contribution is -0.137. The Morgan fingerprint density at radius 2 is 1.70 bits per heavy atom. The van der Waals surface area contributed by atoms with Gasteiger partial charge in [0.05, 0.1) is 17.6 Å². The van der Waals surface area contributed by atoms with Gasteiger partial charge >= 0.3 is 6.18 Å². The average Bonchev–Trinajstić information content (AvgIpc) is 2.93. The van der Waals surface area contributed by atoms with Gasteiger partial charge in [-0.1, -0.05) is 6.07 Å². The zero-order chi connectivity index (χ0) is 13.6. The van der Waals surface area contributed by atoms with Crippen molar-refractivity contribution in [2.24, 2.45) is 22.1 Å². The molecule has 2 heterocycles. The second-order valence-corrected chi connectivity index (χ2v) is 6.21. The van der Waals surface area contributed by atoms with E-state index >= 15 is 0 Å². The van der Waals surface area contributed by atoms with Crippen molar-refractivity contribution in [3.8, 4) is 0 Å². The van der Waals surface area contributed by atoms with Crippen LogP contribution in [0.15, 0.2) is 34.5 Å². The third kappa shape index (κ3) is 1.18. The second kappa shape index (κ2) is 3.18. The Labute approximate surface area is 113 Å². The van der Waals surface area contributed by atoms with Crippen LogP contribution in [0.2, 0.25) is 0 Å². The van der Waals surface area contributed by atoms with Gasteiger partial charge in [0.15, 0.2) is 0 Å². The number of rotatable bonds is 1. The zero-order valence-corrected chi connectivity index (χ0v) is 10.5. The lowest BCUT2D eigenvalue weighted by atomic mass is 9.90. The van der Waals surface area contributed by atoms with Crippen molar-refractivity contribution in [3.63, 3.8) is 0 Å². The normalized spacial score (nSPS) is 43.2. The summed E-state index contributed by atoms with van der Waals surface area (Å²) < 4.78 is 38.4. The zero-order valence-electron chi connectivity index (χ0n) is 10.5. The highest BCUT2D eigenvalue weighted by atomic mass is 19.4. The molecule has 0 amide bonds. The van der Waals surface area contributed by atoms with Gasteiger partial charge < -0.3 is 4.90 Å². The number of hydrogen-bond acceptors (Lipinski definition) is 3. The number of hydrogen-bond donors (Lipinski definition) is 0. The molecule has 3 fully saturated rings. The summed E-state index contributed by atoms with van der Waals surface area (Å²) in [5.74, 6) is 1.00. The van der Waals surface area contributed by atoms with E-state index in [2.05, 4.69) is 15.1 Å². The molecule has 2 bridgehead atoms. The fourth-order valence-electron chi connectivity index (χ4n) is 4.55. The van der Waals surface area contributed by atoms with Gasteiger partial charge in [-0.3, -0.25) is 0 Å². The standard InChI is InChI=1S/C14H12F3N3/c15-14(16,17)6-2-1-3-7(4-6)20-12-8-5-9(13(12)20)11-10(8)18-19-11/h1-4,8-13H,5H2/t8-,9+,10+,11-,12-,13+,20?. The molecule has 0 radical (unpaired) electrons. The van der Waals surface area contributed by atoms with Gasteiger partial charge in [-0.15, -0.1) is 0 Å². The molecule has 0 aromatic heterocycles. The first-order valence-electron chi connectivity index (χ1n) is 6.91. The van der Waals surface area contributed by atoms with E-state index in [0.717, 1.165) is 12.5 Å². The second-order valence-electron chi connectivity index (χ2n) is 6.21. The topological polar surface area (TPSA) is 27.7 Å². The predicted molar refractivity (Wildman–Crippen MR) is 65.5 cm³/mol. The number of alkyl halides is 3. The van der Waals surface area contributed by atoms with Crippen LogP contribution < -0.4 is 4.90 Å². The van der Waals surface area contributed by atoms with Gasteiger partial charge in [0.25, 0.3) is 0 Å². The van der Waals surface area contributed by atoms with Crippen molar-refractivity contribution in [2.45, 2.75) is 36.8 Å². The number of anilines is 1. The number of benzene rings is 1. The third-order valence-electron chi connectivity index (χ3n) is 5.36. The highest BCUT2D eigenvalue weighted by Crippen LogP contribution is 2.63. The Balaban J connectivity index is 1.47. The van der Waals surface area contributed by atoms with E-state index in [1.54, 1.807) is 6.07 Å². The summed E-state index contributed by atoms with van der Waals surface area (Å²) in [5, 5.41) is 8.39. The molecular weight excluding hydrogens is 267 g/mol. The Hall–Kier alpha value is -1.59. The first kappa shape index (κ1) is 11.1. The van der Waals surface area contributed by atoms with Crippen molar-refractivity contribution >= 4 is 5.69 Å². The molecular formula is C14H12F3N3. The molecule has 1 aromatic carbocycles. The molecule has 3 nitrogen and oxygen atoms in total. The molecule has 1 saturated heterocycles. The van der Waals surface area contributed by atoms with Crippen LogP contribution in [-0.4, -0.2) is 24.2 Å². The van der Waals surface area contributed by atoms with E-state index in [1.165, 1.54) is 12.1 Å². The Morgan fingerprint density at radius 3 is 2.25 bits per heavy atom. The van der Waals surface area contributed by atoms with Crippen molar-refractivity contribution in [1.29, 1.82) is 0 Å². The highest BCUT2D eigenvalue weighted by Gasteiger charge is 2.72. The van der Waals surface area contributed by atoms with Crippen LogP contribution in [0.25, 0.3) is 0 Å². The smallest absolute Gasteiger partial charge is 0.361 e. The fourth-order valence-corrected chi connectivity index (χ4v) is 4.55. The molecule has 0 N–H and O–H groups in total. The van der Waals surface area contributed by atoms with Crippen molar-refractivity contribution in [1.82, 2.24) is 0 Å². The molecule has 1 aromatic rings. The molecule has 2 aliphatic carbocycles. The summed E-state index contributed by atoms with van der Waals surface area (Å²) in [7, 11) is 0. The molecule has 20 heavy (non-hydrogen) atoms. The minimum absolute atomic E-state index is 0.344. The number of nitrogens with zero attached hydrogens (tertiary/aromatic N) is 3. The molecule has 0 spiro atoms. The molecule has 0 unspecified atom stereocenters. The summed E-state index contributed by atoms with van der Waals surface area (Å²) in [6.07, 6.45) is -3.13. The monoisotopic (exact) mass is 279 g/mol. The van der Waals surface area contributed by atoms with E-state index in [0.29, 0.717) is 41.7 Å². The Morgan fingerprint density at radius 1 is 1.05 bits per heavy atom. The van der Waals surface area contributed by atoms with E-state index in [4.69, 9.17) is 0 Å². The highest BCUT2D eigenvalue weighted by molar-refractivity contribution is 5.61. The maximum absolute atomic E-state index is 12.8. The minimum atomic E-state index is -4.27. The van der Waals surface area contributed by atoms with Gasteiger partial charge in [-0.2, -0.15) is 23.4 Å². The van der Waals surface area contributed by atoms with Gasteiger partial charge in [0, 0.05) is 17.5 Å². The van der Waals surface area contributed by atoms with Gasteiger partial charge in [-0.25, -0.2) is 0 Å². The van der Waals surface area contributed by atoms with Crippen LogP contribution in [0.1, 0.15) is 12.0 Å².